The number of nitriles is 1. The fourth-order valence-corrected chi connectivity index (χ4v) is 1.09. The second-order valence-corrected chi connectivity index (χ2v) is 4.03. The van der Waals surface area contributed by atoms with E-state index in [9.17, 15) is 4.79 Å². The Labute approximate surface area is 100 Å². The predicted octanol–water partition coefficient (Wildman–Crippen LogP) is 0.980. The van der Waals surface area contributed by atoms with E-state index in [1.807, 2.05) is 19.9 Å². The number of pyridine rings is 1. The molecule has 0 fully saturated rings. The van der Waals surface area contributed by atoms with Crippen LogP contribution in [0.1, 0.15) is 25.1 Å². The number of hydrogen-bond acceptors (Lipinski definition) is 5. The van der Waals surface area contributed by atoms with Gasteiger partial charge < -0.3 is 10.5 Å². The Kier molecular flexibility index (Phi) is 4.61. The van der Waals surface area contributed by atoms with Crippen LogP contribution < -0.4 is 5.73 Å². The zero-order valence-electron chi connectivity index (χ0n) is 9.88. The molecule has 1 aromatic rings. The maximum Gasteiger partial charge on any atom is 0.323 e. The van der Waals surface area contributed by atoms with Crippen LogP contribution in [0.5, 0.6) is 0 Å². The highest BCUT2D eigenvalue weighted by Crippen LogP contribution is 2.04. The van der Waals surface area contributed by atoms with Gasteiger partial charge in [-0.1, -0.05) is 13.8 Å². The molecule has 1 heterocycles. The molecular weight excluding hydrogens is 218 g/mol. The van der Waals surface area contributed by atoms with Crippen molar-refractivity contribution < 1.29 is 9.53 Å². The first-order valence-electron chi connectivity index (χ1n) is 5.32. The first-order chi connectivity index (χ1) is 8.04. The lowest BCUT2D eigenvalue weighted by atomic mass is 10.1. The zero-order chi connectivity index (χ0) is 12.8. The molecule has 0 amide bonds. The van der Waals surface area contributed by atoms with Crippen LogP contribution in [0.4, 0.5) is 0 Å². The lowest BCUT2D eigenvalue weighted by Gasteiger charge is -2.14. The molecule has 0 saturated carbocycles. The topological polar surface area (TPSA) is 89.0 Å². The van der Waals surface area contributed by atoms with Crippen LogP contribution in [0.3, 0.4) is 0 Å². The van der Waals surface area contributed by atoms with Crippen molar-refractivity contribution in [1.29, 1.82) is 5.26 Å². The highest BCUT2D eigenvalue weighted by Gasteiger charge is 2.18. The van der Waals surface area contributed by atoms with E-state index in [4.69, 9.17) is 15.7 Å². The Morgan fingerprint density at radius 3 is 2.76 bits per heavy atom. The number of rotatable bonds is 4. The molecule has 0 bridgehead atoms. The van der Waals surface area contributed by atoms with Gasteiger partial charge in [0.15, 0.2) is 0 Å². The second-order valence-electron chi connectivity index (χ2n) is 4.03. The molecule has 1 atom stereocenters. The number of hydrogen-bond donors (Lipinski definition) is 1. The number of nitrogens with two attached hydrogens (primary N) is 1. The molecule has 1 rings (SSSR count). The first kappa shape index (κ1) is 13.1. The van der Waals surface area contributed by atoms with E-state index in [1.165, 1.54) is 6.20 Å². The summed E-state index contributed by atoms with van der Waals surface area (Å²) in [5, 5.41) is 8.59. The summed E-state index contributed by atoms with van der Waals surface area (Å²) in [4.78, 5) is 15.4. The van der Waals surface area contributed by atoms with Crippen LogP contribution in [-0.4, -0.2) is 17.0 Å². The van der Waals surface area contributed by atoms with Crippen LogP contribution in [0, 0.1) is 17.2 Å². The maximum atomic E-state index is 11.5. The zero-order valence-corrected chi connectivity index (χ0v) is 9.88. The molecule has 90 valence electrons. The molecule has 0 aliphatic carbocycles. The molecule has 1 aromatic heterocycles. The van der Waals surface area contributed by atoms with Gasteiger partial charge in [0.05, 0.1) is 11.3 Å². The molecule has 0 aliphatic heterocycles. The van der Waals surface area contributed by atoms with E-state index in [-0.39, 0.29) is 12.5 Å². The molecule has 0 aromatic carbocycles. The van der Waals surface area contributed by atoms with Crippen molar-refractivity contribution in [2.75, 3.05) is 0 Å². The standard InChI is InChI=1S/C12H15N3O2/c1-8(2)11(14)12(16)17-7-10-4-3-9(5-13)6-15-10/h3-4,6,8,11H,7,14H2,1-2H3. The van der Waals surface area contributed by atoms with E-state index in [1.54, 1.807) is 12.1 Å². The average molecular weight is 233 g/mol. The molecule has 0 radical (unpaired) electrons. The van der Waals surface area contributed by atoms with Gasteiger partial charge in [-0.3, -0.25) is 9.78 Å². The number of nitrogens with zero attached hydrogens (tertiary/aromatic N) is 2. The number of carbonyl (C=O) groups excluding carboxylic acids is 1. The maximum absolute atomic E-state index is 11.5. The Morgan fingerprint density at radius 2 is 2.29 bits per heavy atom. The van der Waals surface area contributed by atoms with Crippen LogP contribution in [0.2, 0.25) is 0 Å². The van der Waals surface area contributed by atoms with Gasteiger partial charge in [-0.05, 0) is 18.1 Å². The third-order valence-corrected chi connectivity index (χ3v) is 2.31. The van der Waals surface area contributed by atoms with E-state index >= 15 is 0 Å². The normalized spacial score (nSPS) is 11.9. The summed E-state index contributed by atoms with van der Waals surface area (Å²) >= 11 is 0. The molecular formula is C12H15N3O2. The van der Waals surface area contributed by atoms with Crippen LogP contribution >= 0.6 is 0 Å². The molecule has 0 aliphatic rings. The number of aromatic nitrogens is 1. The van der Waals surface area contributed by atoms with E-state index in [0.29, 0.717) is 11.3 Å². The van der Waals surface area contributed by atoms with Gasteiger partial charge in [-0.2, -0.15) is 5.26 Å². The molecule has 0 saturated heterocycles. The second kappa shape index (κ2) is 5.97. The van der Waals surface area contributed by atoms with Gasteiger partial charge in [0.1, 0.15) is 18.7 Å². The van der Waals surface area contributed by atoms with Crippen molar-refractivity contribution in [2.24, 2.45) is 11.7 Å². The number of ether oxygens (including phenoxy) is 1. The summed E-state index contributed by atoms with van der Waals surface area (Å²) in [5.74, 6) is -0.400. The van der Waals surface area contributed by atoms with Gasteiger partial charge in [-0.25, -0.2) is 0 Å². The Bertz CT molecular complexity index is 420. The minimum atomic E-state index is -0.617. The van der Waals surface area contributed by atoms with Crippen molar-refractivity contribution in [3.05, 3.63) is 29.6 Å². The quantitative estimate of drug-likeness (QED) is 0.783. The predicted molar refractivity (Wildman–Crippen MR) is 61.6 cm³/mol. The molecule has 2 N–H and O–H groups in total. The minimum absolute atomic E-state index is 0.0384. The Hall–Kier alpha value is -1.93. The van der Waals surface area contributed by atoms with Crippen molar-refractivity contribution in [3.63, 3.8) is 0 Å². The molecule has 0 spiro atoms. The summed E-state index contributed by atoms with van der Waals surface area (Å²) in [6.07, 6.45) is 1.44. The Balaban J connectivity index is 2.50. The monoisotopic (exact) mass is 233 g/mol. The molecule has 17 heavy (non-hydrogen) atoms. The highest BCUT2D eigenvalue weighted by atomic mass is 16.5. The fourth-order valence-electron chi connectivity index (χ4n) is 1.09. The highest BCUT2D eigenvalue weighted by molar-refractivity contribution is 5.75. The van der Waals surface area contributed by atoms with Crippen molar-refractivity contribution in [1.82, 2.24) is 4.98 Å². The summed E-state index contributed by atoms with van der Waals surface area (Å²) in [5.41, 5.74) is 6.69. The van der Waals surface area contributed by atoms with Crippen LogP contribution in [0.25, 0.3) is 0 Å². The van der Waals surface area contributed by atoms with Crippen LogP contribution in [0.15, 0.2) is 18.3 Å². The lowest BCUT2D eigenvalue weighted by molar-refractivity contribution is -0.147. The van der Waals surface area contributed by atoms with Gasteiger partial charge >= 0.3 is 5.97 Å². The third-order valence-electron chi connectivity index (χ3n) is 2.31. The van der Waals surface area contributed by atoms with Crippen molar-refractivity contribution in [2.45, 2.75) is 26.5 Å². The third kappa shape index (κ3) is 3.85. The Morgan fingerprint density at radius 1 is 1.59 bits per heavy atom. The van der Waals surface area contributed by atoms with E-state index in [2.05, 4.69) is 4.98 Å². The largest absolute Gasteiger partial charge is 0.458 e. The summed E-state index contributed by atoms with van der Waals surface area (Å²) in [7, 11) is 0. The fraction of sp³-hybridized carbons (Fsp3) is 0.417. The van der Waals surface area contributed by atoms with Gasteiger partial charge in [0.25, 0.3) is 0 Å². The van der Waals surface area contributed by atoms with Gasteiger partial charge in [0, 0.05) is 6.20 Å². The molecule has 5 nitrogen and oxygen atoms in total. The van der Waals surface area contributed by atoms with Gasteiger partial charge in [-0.15, -0.1) is 0 Å². The SMILES string of the molecule is CC(C)C(N)C(=O)OCc1ccc(C#N)cn1. The minimum Gasteiger partial charge on any atom is -0.458 e. The smallest absolute Gasteiger partial charge is 0.323 e. The summed E-state index contributed by atoms with van der Waals surface area (Å²) in [6, 6.07) is 4.61. The van der Waals surface area contributed by atoms with E-state index in [0.717, 1.165) is 0 Å². The molecule has 1 unspecified atom stereocenters. The van der Waals surface area contributed by atoms with Gasteiger partial charge in [0.2, 0.25) is 0 Å². The summed E-state index contributed by atoms with van der Waals surface area (Å²) in [6.45, 7) is 3.78. The van der Waals surface area contributed by atoms with Crippen LogP contribution in [-0.2, 0) is 16.1 Å². The number of carbonyl (C=O) groups is 1. The van der Waals surface area contributed by atoms with E-state index < -0.39 is 12.0 Å². The van der Waals surface area contributed by atoms with Crippen molar-refractivity contribution in [3.8, 4) is 6.07 Å². The number of esters is 1. The average Bonchev–Trinajstić information content (AvgIpc) is 2.35. The summed E-state index contributed by atoms with van der Waals surface area (Å²) < 4.78 is 5.02. The lowest BCUT2D eigenvalue weighted by Crippen LogP contribution is -2.36. The van der Waals surface area contributed by atoms with Crippen molar-refractivity contribution >= 4 is 5.97 Å². The first-order valence-corrected chi connectivity index (χ1v) is 5.32. The molecule has 5 heteroatoms.